The van der Waals surface area contributed by atoms with Crippen molar-refractivity contribution in [2.75, 3.05) is 13.2 Å². The fourth-order valence-electron chi connectivity index (χ4n) is 2.21. The summed E-state index contributed by atoms with van der Waals surface area (Å²) in [5, 5.41) is 0. The van der Waals surface area contributed by atoms with E-state index in [1.807, 2.05) is 12.2 Å². The molecule has 2 bridgehead atoms. The molecular formula is C12H19NO3. The molecule has 3 atom stereocenters. The molecule has 90 valence electrons. The Kier molecular flexibility index (Phi) is 3.96. The van der Waals surface area contributed by atoms with Crippen LogP contribution in [0.5, 0.6) is 0 Å². The van der Waals surface area contributed by atoms with Gasteiger partial charge >= 0.3 is 5.97 Å². The predicted octanol–water partition coefficient (Wildman–Crippen LogP) is 1.00. The first kappa shape index (κ1) is 11.6. The smallest absolute Gasteiger partial charge is 0.312 e. The van der Waals surface area contributed by atoms with Crippen LogP contribution in [0.3, 0.4) is 0 Å². The zero-order chi connectivity index (χ0) is 11.4. The Balaban J connectivity index is 1.63. The van der Waals surface area contributed by atoms with Crippen LogP contribution in [0.15, 0.2) is 12.2 Å². The number of hydrogen-bond acceptors (Lipinski definition) is 4. The maximum absolute atomic E-state index is 11.7. The van der Waals surface area contributed by atoms with E-state index in [4.69, 9.17) is 15.2 Å². The Morgan fingerprint density at radius 2 is 2.25 bits per heavy atom. The molecule has 3 unspecified atom stereocenters. The van der Waals surface area contributed by atoms with Gasteiger partial charge in [-0.1, -0.05) is 12.2 Å². The Morgan fingerprint density at radius 1 is 1.38 bits per heavy atom. The molecule has 4 nitrogen and oxygen atoms in total. The van der Waals surface area contributed by atoms with Gasteiger partial charge in [0.25, 0.3) is 0 Å². The molecule has 2 aliphatic rings. The monoisotopic (exact) mass is 225 g/mol. The first-order chi connectivity index (χ1) is 7.81. The number of rotatable bonds is 6. The van der Waals surface area contributed by atoms with Crippen molar-refractivity contribution in [1.29, 1.82) is 0 Å². The van der Waals surface area contributed by atoms with Crippen LogP contribution < -0.4 is 5.73 Å². The highest BCUT2D eigenvalue weighted by Gasteiger charge is 2.41. The van der Waals surface area contributed by atoms with Crippen LogP contribution >= 0.6 is 0 Å². The maximum Gasteiger partial charge on any atom is 0.312 e. The third-order valence-corrected chi connectivity index (χ3v) is 3.13. The summed E-state index contributed by atoms with van der Waals surface area (Å²) in [7, 11) is 0. The van der Waals surface area contributed by atoms with Crippen LogP contribution in [0.2, 0.25) is 0 Å². The average molecular weight is 225 g/mol. The molecule has 2 N–H and O–H groups in total. The highest BCUT2D eigenvalue weighted by molar-refractivity contribution is 5.74. The normalized spacial score (nSPS) is 30.9. The molecule has 2 aliphatic heterocycles. The first-order valence-corrected chi connectivity index (χ1v) is 6.02. The third kappa shape index (κ3) is 2.62. The van der Waals surface area contributed by atoms with Gasteiger partial charge in [0.05, 0.1) is 24.7 Å². The van der Waals surface area contributed by atoms with Crippen LogP contribution in [0.4, 0.5) is 0 Å². The number of hydrogen-bond donors (Lipinski definition) is 1. The topological polar surface area (TPSA) is 61.5 Å². The molecule has 4 heteroatoms. The van der Waals surface area contributed by atoms with Crippen LogP contribution in [-0.4, -0.2) is 31.3 Å². The summed E-state index contributed by atoms with van der Waals surface area (Å²) >= 11 is 0. The molecule has 0 radical (unpaired) electrons. The summed E-state index contributed by atoms with van der Waals surface area (Å²) in [6, 6.07) is 0. The summed E-state index contributed by atoms with van der Waals surface area (Å²) in [6.07, 6.45) is 7.79. The van der Waals surface area contributed by atoms with E-state index in [-0.39, 0.29) is 24.1 Å². The number of carbonyl (C=O) groups excluding carboxylic acids is 1. The molecule has 0 aliphatic carbocycles. The molecule has 1 saturated heterocycles. The number of esters is 1. The van der Waals surface area contributed by atoms with Gasteiger partial charge in [-0.3, -0.25) is 4.79 Å². The van der Waals surface area contributed by atoms with Crippen LogP contribution in [0.1, 0.15) is 25.7 Å². The van der Waals surface area contributed by atoms with E-state index in [1.165, 1.54) is 0 Å². The summed E-state index contributed by atoms with van der Waals surface area (Å²) in [4.78, 5) is 11.7. The zero-order valence-corrected chi connectivity index (χ0v) is 9.43. The van der Waals surface area contributed by atoms with Gasteiger partial charge in [0.2, 0.25) is 0 Å². The Morgan fingerprint density at radius 3 is 2.88 bits per heavy atom. The third-order valence-electron chi connectivity index (χ3n) is 3.13. The van der Waals surface area contributed by atoms with E-state index in [9.17, 15) is 4.79 Å². The van der Waals surface area contributed by atoms with E-state index >= 15 is 0 Å². The summed E-state index contributed by atoms with van der Waals surface area (Å²) in [5.74, 6) is -0.186. The van der Waals surface area contributed by atoms with Gasteiger partial charge in [0, 0.05) is 0 Å². The Hall–Kier alpha value is -0.870. The van der Waals surface area contributed by atoms with Crippen LogP contribution in [0.25, 0.3) is 0 Å². The SMILES string of the molecule is NCCCCCOC(=O)C1CC2C=CC1O2. The molecule has 0 aromatic rings. The summed E-state index contributed by atoms with van der Waals surface area (Å²) in [5.41, 5.74) is 5.38. The van der Waals surface area contributed by atoms with Gasteiger partial charge in [-0.2, -0.15) is 0 Å². The second kappa shape index (κ2) is 5.46. The highest BCUT2D eigenvalue weighted by atomic mass is 16.5. The predicted molar refractivity (Wildman–Crippen MR) is 59.8 cm³/mol. The molecule has 0 amide bonds. The van der Waals surface area contributed by atoms with Crippen molar-refractivity contribution in [2.24, 2.45) is 11.7 Å². The second-order valence-corrected chi connectivity index (χ2v) is 4.38. The Bertz CT molecular complexity index is 277. The van der Waals surface area contributed by atoms with Crippen molar-refractivity contribution < 1.29 is 14.3 Å². The number of ether oxygens (including phenoxy) is 2. The molecule has 0 saturated carbocycles. The van der Waals surface area contributed by atoms with Crippen molar-refractivity contribution in [3.63, 3.8) is 0 Å². The largest absolute Gasteiger partial charge is 0.465 e. The molecule has 2 heterocycles. The van der Waals surface area contributed by atoms with Crippen LogP contribution in [-0.2, 0) is 14.3 Å². The van der Waals surface area contributed by atoms with E-state index in [2.05, 4.69) is 0 Å². The molecule has 16 heavy (non-hydrogen) atoms. The van der Waals surface area contributed by atoms with Crippen molar-refractivity contribution >= 4 is 5.97 Å². The average Bonchev–Trinajstić information content (AvgIpc) is 2.90. The fourth-order valence-corrected chi connectivity index (χ4v) is 2.21. The molecule has 0 spiro atoms. The van der Waals surface area contributed by atoms with Gasteiger partial charge in [-0.25, -0.2) is 0 Å². The van der Waals surface area contributed by atoms with Gasteiger partial charge in [-0.15, -0.1) is 0 Å². The number of unbranched alkanes of at least 4 members (excludes halogenated alkanes) is 2. The van der Waals surface area contributed by atoms with E-state index < -0.39 is 0 Å². The van der Waals surface area contributed by atoms with Gasteiger partial charge in [0.15, 0.2) is 0 Å². The van der Waals surface area contributed by atoms with Crippen molar-refractivity contribution in [3.05, 3.63) is 12.2 Å². The zero-order valence-electron chi connectivity index (χ0n) is 9.43. The van der Waals surface area contributed by atoms with Crippen molar-refractivity contribution in [2.45, 2.75) is 37.9 Å². The lowest BCUT2D eigenvalue weighted by Gasteiger charge is -2.14. The standard InChI is InChI=1S/C12H19NO3/c13-6-2-1-3-7-15-12(14)10-8-9-4-5-11(10)16-9/h4-5,9-11H,1-3,6-8,13H2. The quantitative estimate of drug-likeness (QED) is 0.416. The minimum atomic E-state index is -0.107. The molecule has 0 aromatic heterocycles. The minimum Gasteiger partial charge on any atom is -0.465 e. The van der Waals surface area contributed by atoms with Gasteiger partial charge in [-0.05, 0) is 32.2 Å². The summed E-state index contributed by atoms with van der Waals surface area (Å²) in [6.45, 7) is 1.22. The van der Waals surface area contributed by atoms with Gasteiger partial charge in [0.1, 0.15) is 0 Å². The number of nitrogens with two attached hydrogens (primary N) is 1. The van der Waals surface area contributed by atoms with E-state index in [1.54, 1.807) is 0 Å². The number of carbonyl (C=O) groups is 1. The minimum absolute atomic E-state index is 0.0402. The van der Waals surface area contributed by atoms with Crippen LogP contribution in [0, 0.1) is 5.92 Å². The lowest BCUT2D eigenvalue weighted by molar-refractivity contribution is -0.149. The lowest BCUT2D eigenvalue weighted by Crippen LogP contribution is -2.25. The molecular weight excluding hydrogens is 206 g/mol. The first-order valence-electron chi connectivity index (χ1n) is 6.02. The molecule has 2 rings (SSSR count). The van der Waals surface area contributed by atoms with E-state index in [0.717, 1.165) is 25.7 Å². The van der Waals surface area contributed by atoms with Crippen molar-refractivity contribution in [3.8, 4) is 0 Å². The lowest BCUT2D eigenvalue weighted by atomic mass is 9.95. The maximum atomic E-state index is 11.7. The summed E-state index contributed by atoms with van der Waals surface area (Å²) < 4.78 is 10.8. The number of fused-ring (bicyclic) bond motifs is 2. The fraction of sp³-hybridized carbons (Fsp3) is 0.750. The second-order valence-electron chi connectivity index (χ2n) is 4.38. The van der Waals surface area contributed by atoms with Gasteiger partial charge < -0.3 is 15.2 Å². The highest BCUT2D eigenvalue weighted by Crippen LogP contribution is 2.34. The molecule has 1 fully saturated rings. The van der Waals surface area contributed by atoms with Crippen molar-refractivity contribution in [1.82, 2.24) is 0 Å². The molecule has 0 aromatic carbocycles. The van der Waals surface area contributed by atoms with E-state index in [0.29, 0.717) is 13.2 Å². The Labute approximate surface area is 95.8 Å².